The van der Waals surface area contributed by atoms with Crippen LogP contribution in [0.15, 0.2) is 23.2 Å². The lowest BCUT2D eigenvalue weighted by atomic mass is 10.1. The number of hydrogen-bond acceptors (Lipinski definition) is 5. The first-order valence-corrected chi connectivity index (χ1v) is 8.35. The predicted molar refractivity (Wildman–Crippen MR) is 77.2 cm³/mol. The molecule has 0 aliphatic carbocycles. The molecule has 1 aromatic rings. The van der Waals surface area contributed by atoms with Gasteiger partial charge in [-0.25, -0.2) is 18.1 Å². The zero-order valence-electron chi connectivity index (χ0n) is 11.8. The zero-order valence-corrected chi connectivity index (χ0v) is 12.6. The molecule has 20 heavy (non-hydrogen) atoms. The van der Waals surface area contributed by atoms with E-state index in [9.17, 15) is 8.42 Å². The maximum absolute atomic E-state index is 12.3. The van der Waals surface area contributed by atoms with Crippen LogP contribution in [0.2, 0.25) is 0 Å². The maximum atomic E-state index is 12.3. The quantitative estimate of drug-likeness (QED) is 0.829. The van der Waals surface area contributed by atoms with Gasteiger partial charge in [0.05, 0.1) is 11.0 Å². The van der Waals surface area contributed by atoms with E-state index in [4.69, 9.17) is 4.74 Å². The molecule has 1 saturated heterocycles. The summed E-state index contributed by atoms with van der Waals surface area (Å²) in [4.78, 5) is 4.29. The van der Waals surface area contributed by atoms with Gasteiger partial charge in [0, 0.05) is 31.5 Å². The minimum Gasteiger partial charge on any atom is -0.377 e. The first-order chi connectivity index (χ1) is 9.53. The number of aromatic nitrogens is 1. The van der Waals surface area contributed by atoms with Crippen LogP contribution in [-0.2, 0) is 14.8 Å². The van der Waals surface area contributed by atoms with Crippen LogP contribution in [0, 0.1) is 0 Å². The first kappa shape index (κ1) is 15.2. The fourth-order valence-corrected chi connectivity index (χ4v) is 3.53. The predicted octanol–water partition coefficient (Wildman–Crippen LogP) is 1.36. The van der Waals surface area contributed by atoms with Gasteiger partial charge < -0.3 is 10.1 Å². The minimum absolute atomic E-state index is 0.0418. The molecule has 6 nitrogen and oxygen atoms in total. The highest BCUT2D eigenvalue weighted by Crippen LogP contribution is 2.18. The molecule has 7 heteroatoms. The third-order valence-corrected chi connectivity index (χ3v) is 4.82. The second-order valence-electron chi connectivity index (χ2n) is 4.87. The summed E-state index contributed by atoms with van der Waals surface area (Å²) in [7, 11) is -3.55. The van der Waals surface area contributed by atoms with Gasteiger partial charge in [-0.1, -0.05) is 0 Å². The molecule has 0 aromatic carbocycles. The topological polar surface area (TPSA) is 80.3 Å². The largest absolute Gasteiger partial charge is 0.377 e. The Hall–Kier alpha value is -1.18. The molecule has 2 rings (SSSR count). The normalized spacial score (nSPS) is 20.8. The summed E-state index contributed by atoms with van der Waals surface area (Å²) in [6.07, 6.45) is 3.32. The number of anilines is 1. The third kappa shape index (κ3) is 3.68. The number of nitrogens with zero attached hydrogens (tertiary/aromatic N) is 1. The van der Waals surface area contributed by atoms with Crippen molar-refractivity contribution in [2.45, 2.75) is 43.7 Å². The third-order valence-electron chi connectivity index (χ3n) is 3.26. The van der Waals surface area contributed by atoms with Crippen molar-refractivity contribution in [2.75, 3.05) is 18.5 Å². The number of ether oxygens (including phenoxy) is 1. The average Bonchev–Trinajstić information content (AvgIpc) is 2.93. The van der Waals surface area contributed by atoms with Crippen molar-refractivity contribution < 1.29 is 13.2 Å². The summed E-state index contributed by atoms with van der Waals surface area (Å²) in [5.74, 6) is 0.556. The summed E-state index contributed by atoms with van der Waals surface area (Å²) in [6, 6.07) is 2.79. The highest BCUT2D eigenvalue weighted by atomic mass is 32.2. The van der Waals surface area contributed by atoms with Gasteiger partial charge in [0.25, 0.3) is 0 Å². The lowest BCUT2D eigenvalue weighted by Crippen LogP contribution is -2.40. The van der Waals surface area contributed by atoms with E-state index in [1.54, 1.807) is 0 Å². The molecule has 1 aliphatic rings. The Morgan fingerprint density at radius 3 is 3.00 bits per heavy atom. The van der Waals surface area contributed by atoms with Crippen LogP contribution in [0.1, 0.15) is 26.7 Å². The molecule has 0 radical (unpaired) electrons. The van der Waals surface area contributed by atoms with Gasteiger partial charge in [-0.2, -0.15) is 0 Å². The molecule has 0 spiro atoms. The maximum Gasteiger partial charge on any atom is 0.241 e. The Kier molecular flexibility index (Phi) is 4.95. The Labute approximate surface area is 120 Å². The van der Waals surface area contributed by atoms with Crippen molar-refractivity contribution in [1.82, 2.24) is 9.71 Å². The van der Waals surface area contributed by atoms with Crippen molar-refractivity contribution in [3.8, 4) is 0 Å². The molecule has 1 aliphatic heterocycles. The average molecular weight is 299 g/mol. The molecule has 0 bridgehead atoms. The Bertz CT molecular complexity index is 542. The highest BCUT2D eigenvalue weighted by Gasteiger charge is 2.27. The van der Waals surface area contributed by atoms with Crippen LogP contribution in [0.4, 0.5) is 5.82 Å². The number of nitrogens with one attached hydrogen (secondary N) is 2. The van der Waals surface area contributed by atoms with Crippen LogP contribution in [-0.4, -0.2) is 38.7 Å². The Morgan fingerprint density at radius 1 is 1.55 bits per heavy atom. The first-order valence-electron chi connectivity index (χ1n) is 6.87. The van der Waals surface area contributed by atoms with E-state index in [1.165, 1.54) is 18.3 Å². The van der Waals surface area contributed by atoms with Crippen LogP contribution in [0.25, 0.3) is 0 Å². The summed E-state index contributed by atoms with van der Waals surface area (Å²) in [5.41, 5.74) is 0. The van der Waals surface area contributed by atoms with Crippen LogP contribution in [0.5, 0.6) is 0 Å². The SMILES string of the molecule is CCNc1cc(S(=O)(=O)NC(C)C2CCCO2)ccn1. The number of sulfonamides is 1. The molecule has 2 unspecified atom stereocenters. The van der Waals surface area contributed by atoms with Crippen molar-refractivity contribution in [3.63, 3.8) is 0 Å². The molecule has 112 valence electrons. The van der Waals surface area contributed by atoms with Gasteiger partial charge in [-0.05, 0) is 32.8 Å². The molecule has 0 saturated carbocycles. The lowest BCUT2D eigenvalue weighted by Gasteiger charge is -2.20. The van der Waals surface area contributed by atoms with E-state index >= 15 is 0 Å². The van der Waals surface area contributed by atoms with Crippen molar-refractivity contribution in [3.05, 3.63) is 18.3 Å². The van der Waals surface area contributed by atoms with E-state index < -0.39 is 10.0 Å². The van der Waals surface area contributed by atoms with Gasteiger partial charge in [0.1, 0.15) is 5.82 Å². The van der Waals surface area contributed by atoms with Crippen LogP contribution >= 0.6 is 0 Å². The fourth-order valence-electron chi connectivity index (χ4n) is 2.24. The van der Waals surface area contributed by atoms with E-state index in [0.717, 1.165) is 12.8 Å². The Balaban J connectivity index is 2.10. The summed E-state index contributed by atoms with van der Waals surface area (Å²) in [5, 5.41) is 3.00. The van der Waals surface area contributed by atoms with Crippen LogP contribution < -0.4 is 10.0 Å². The van der Waals surface area contributed by atoms with Crippen molar-refractivity contribution in [2.24, 2.45) is 0 Å². The van der Waals surface area contributed by atoms with Gasteiger partial charge >= 0.3 is 0 Å². The highest BCUT2D eigenvalue weighted by molar-refractivity contribution is 7.89. The van der Waals surface area contributed by atoms with Gasteiger partial charge in [-0.15, -0.1) is 0 Å². The standard InChI is InChI=1S/C13H21N3O3S/c1-3-14-13-9-11(6-7-15-13)20(17,18)16-10(2)12-5-4-8-19-12/h6-7,9-10,12,16H,3-5,8H2,1-2H3,(H,14,15). The molecular weight excluding hydrogens is 278 g/mol. The Morgan fingerprint density at radius 2 is 2.35 bits per heavy atom. The van der Waals surface area contributed by atoms with Gasteiger partial charge in [0.15, 0.2) is 0 Å². The molecular formula is C13H21N3O3S. The number of pyridine rings is 1. The molecule has 2 N–H and O–H groups in total. The van der Waals surface area contributed by atoms with Crippen LogP contribution in [0.3, 0.4) is 0 Å². The molecule has 1 aromatic heterocycles. The van der Waals surface area contributed by atoms with Gasteiger partial charge in [0.2, 0.25) is 10.0 Å². The second-order valence-corrected chi connectivity index (χ2v) is 6.58. The van der Waals surface area contributed by atoms with Gasteiger partial charge in [-0.3, -0.25) is 0 Å². The number of rotatable bonds is 6. The molecule has 2 heterocycles. The summed E-state index contributed by atoms with van der Waals surface area (Å²) >= 11 is 0. The smallest absolute Gasteiger partial charge is 0.241 e. The summed E-state index contributed by atoms with van der Waals surface area (Å²) < 4.78 is 32.8. The summed E-state index contributed by atoms with van der Waals surface area (Å²) in [6.45, 7) is 5.16. The minimum atomic E-state index is -3.55. The molecule has 0 amide bonds. The molecule has 2 atom stereocenters. The van der Waals surface area contributed by atoms with Crippen molar-refractivity contribution >= 4 is 15.8 Å². The van der Waals surface area contributed by atoms with Crippen molar-refractivity contribution in [1.29, 1.82) is 0 Å². The van der Waals surface area contributed by atoms with E-state index in [1.807, 2.05) is 13.8 Å². The molecule has 1 fully saturated rings. The monoisotopic (exact) mass is 299 g/mol. The number of hydrogen-bond donors (Lipinski definition) is 2. The van der Waals surface area contributed by atoms with E-state index in [-0.39, 0.29) is 17.0 Å². The van der Waals surface area contributed by atoms with E-state index in [0.29, 0.717) is 19.0 Å². The lowest BCUT2D eigenvalue weighted by molar-refractivity contribution is 0.0902. The zero-order chi connectivity index (χ0) is 14.6. The second kappa shape index (κ2) is 6.51. The van der Waals surface area contributed by atoms with E-state index in [2.05, 4.69) is 15.0 Å². The fraction of sp³-hybridized carbons (Fsp3) is 0.615.